The van der Waals surface area contributed by atoms with Gasteiger partial charge >= 0.3 is 5.97 Å². The fraction of sp³-hybridized carbons (Fsp3) is 0.417. The lowest BCUT2D eigenvalue weighted by Gasteiger charge is -2.10. The third-order valence-electron chi connectivity index (χ3n) is 2.00. The van der Waals surface area contributed by atoms with Crippen LogP contribution >= 0.6 is 0 Å². The molecule has 0 heterocycles. The van der Waals surface area contributed by atoms with Crippen LogP contribution in [0.1, 0.15) is 19.4 Å². The van der Waals surface area contributed by atoms with Crippen molar-refractivity contribution in [2.24, 2.45) is 5.92 Å². The second-order valence-electron chi connectivity index (χ2n) is 3.60. The van der Waals surface area contributed by atoms with Gasteiger partial charge in [0.05, 0.1) is 6.61 Å². The minimum absolute atomic E-state index is 0.204. The van der Waals surface area contributed by atoms with Crippen LogP contribution in [-0.2, 0) is 16.0 Å². The Morgan fingerprint density at radius 1 is 1.36 bits per heavy atom. The molecule has 2 heteroatoms. The molecule has 2 nitrogen and oxygen atoms in total. The highest BCUT2D eigenvalue weighted by molar-refractivity contribution is 5.65. The van der Waals surface area contributed by atoms with Crippen LogP contribution < -0.4 is 0 Å². The topological polar surface area (TPSA) is 26.3 Å². The Morgan fingerprint density at radius 3 is 2.57 bits per heavy atom. The average molecular weight is 192 g/mol. The molecule has 0 aliphatic rings. The smallest absolute Gasteiger partial charge is 0.302 e. The summed E-state index contributed by atoms with van der Waals surface area (Å²) in [4.78, 5) is 10.6. The van der Waals surface area contributed by atoms with E-state index in [1.165, 1.54) is 12.5 Å². The van der Waals surface area contributed by atoms with Gasteiger partial charge < -0.3 is 4.74 Å². The van der Waals surface area contributed by atoms with Crippen molar-refractivity contribution in [3.8, 4) is 0 Å². The first-order chi connectivity index (χ1) is 6.68. The van der Waals surface area contributed by atoms with Gasteiger partial charge in [0.15, 0.2) is 0 Å². The van der Waals surface area contributed by atoms with Gasteiger partial charge in [0, 0.05) is 6.92 Å². The largest absolute Gasteiger partial charge is 0.466 e. The van der Waals surface area contributed by atoms with E-state index in [0.29, 0.717) is 12.5 Å². The van der Waals surface area contributed by atoms with Gasteiger partial charge in [0.25, 0.3) is 0 Å². The molecule has 0 aliphatic heterocycles. The third-order valence-corrected chi connectivity index (χ3v) is 2.00. The molecule has 14 heavy (non-hydrogen) atoms. The molecular weight excluding hydrogens is 176 g/mol. The van der Waals surface area contributed by atoms with E-state index in [-0.39, 0.29) is 5.97 Å². The highest BCUT2D eigenvalue weighted by atomic mass is 16.5. The van der Waals surface area contributed by atoms with Crippen molar-refractivity contribution < 1.29 is 9.53 Å². The fourth-order valence-corrected chi connectivity index (χ4v) is 1.34. The molecule has 1 rings (SSSR count). The number of ether oxygens (including phenoxy) is 1. The number of esters is 1. The van der Waals surface area contributed by atoms with E-state index in [4.69, 9.17) is 4.74 Å². The van der Waals surface area contributed by atoms with E-state index in [2.05, 4.69) is 19.1 Å². The molecule has 0 saturated heterocycles. The Kier molecular flexibility index (Phi) is 4.17. The number of carbonyl (C=O) groups excluding carboxylic acids is 1. The van der Waals surface area contributed by atoms with Crippen LogP contribution in [0, 0.1) is 5.92 Å². The first-order valence-corrected chi connectivity index (χ1v) is 4.86. The SMILES string of the molecule is CC(=O)OC[C@@H](C)Cc1ccccc1. The number of rotatable bonds is 4. The Morgan fingerprint density at radius 2 is 2.00 bits per heavy atom. The Bertz CT molecular complexity index is 280. The van der Waals surface area contributed by atoms with Crippen LogP contribution in [0.15, 0.2) is 30.3 Å². The highest BCUT2D eigenvalue weighted by Gasteiger charge is 2.04. The number of benzene rings is 1. The monoisotopic (exact) mass is 192 g/mol. The molecule has 0 radical (unpaired) electrons. The molecule has 0 saturated carbocycles. The summed E-state index contributed by atoms with van der Waals surface area (Å²) in [5.74, 6) is 0.172. The average Bonchev–Trinajstić information content (AvgIpc) is 2.16. The fourth-order valence-electron chi connectivity index (χ4n) is 1.34. The standard InChI is InChI=1S/C12H16O2/c1-10(9-14-11(2)13)8-12-6-4-3-5-7-12/h3-7,10H,8-9H2,1-2H3/t10-/m0/s1. The maximum Gasteiger partial charge on any atom is 0.302 e. The van der Waals surface area contributed by atoms with Crippen LogP contribution in [-0.4, -0.2) is 12.6 Å². The van der Waals surface area contributed by atoms with Crippen molar-refractivity contribution in [2.75, 3.05) is 6.61 Å². The molecule has 0 aliphatic carbocycles. The van der Waals surface area contributed by atoms with Crippen LogP contribution in [0.3, 0.4) is 0 Å². The normalized spacial score (nSPS) is 12.1. The first kappa shape index (κ1) is 10.8. The number of hydrogen-bond donors (Lipinski definition) is 0. The molecule has 0 bridgehead atoms. The van der Waals surface area contributed by atoms with Crippen LogP contribution in [0.2, 0.25) is 0 Å². The van der Waals surface area contributed by atoms with E-state index in [1.807, 2.05) is 18.2 Å². The van der Waals surface area contributed by atoms with E-state index in [1.54, 1.807) is 0 Å². The van der Waals surface area contributed by atoms with Crippen molar-refractivity contribution in [1.29, 1.82) is 0 Å². The van der Waals surface area contributed by atoms with E-state index in [9.17, 15) is 4.79 Å². The Hall–Kier alpha value is -1.31. The van der Waals surface area contributed by atoms with Crippen molar-refractivity contribution in [3.05, 3.63) is 35.9 Å². The molecule has 0 spiro atoms. The second-order valence-corrected chi connectivity index (χ2v) is 3.60. The minimum Gasteiger partial charge on any atom is -0.466 e. The molecule has 1 atom stereocenters. The molecule has 0 fully saturated rings. The van der Waals surface area contributed by atoms with Gasteiger partial charge in [-0.05, 0) is 17.9 Å². The minimum atomic E-state index is -0.204. The molecule has 0 aromatic heterocycles. The summed E-state index contributed by atoms with van der Waals surface area (Å²) < 4.78 is 4.94. The molecule has 76 valence electrons. The Labute approximate surface area is 84.9 Å². The van der Waals surface area contributed by atoms with E-state index in [0.717, 1.165) is 6.42 Å². The van der Waals surface area contributed by atoms with Gasteiger partial charge in [-0.2, -0.15) is 0 Å². The number of carbonyl (C=O) groups is 1. The van der Waals surface area contributed by atoms with Gasteiger partial charge in [-0.3, -0.25) is 4.79 Å². The quantitative estimate of drug-likeness (QED) is 0.685. The summed E-state index contributed by atoms with van der Waals surface area (Å²) in [6.45, 7) is 4.02. The van der Waals surface area contributed by atoms with Gasteiger partial charge in [-0.25, -0.2) is 0 Å². The Balaban J connectivity index is 2.34. The van der Waals surface area contributed by atoms with Crippen LogP contribution in [0.25, 0.3) is 0 Å². The van der Waals surface area contributed by atoms with Gasteiger partial charge in [0.2, 0.25) is 0 Å². The molecule has 0 N–H and O–H groups in total. The lowest BCUT2D eigenvalue weighted by Crippen LogP contribution is -2.11. The second kappa shape index (κ2) is 5.43. The summed E-state index contributed by atoms with van der Waals surface area (Å²) >= 11 is 0. The van der Waals surface area contributed by atoms with Gasteiger partial charge in [-0.1, -0.05) is 37.3 Å². The summed E-state index contributed by atoms with van der Waals surface area (Å²) in [7, 11) is 0. The molecule has 1 aromatic rings. The predicted octanol–water partition coefficient (Wildman–Crippen LogP) is 2.43. The van der Waals surface area contributed by atoms with Crippen molar-refractivity contribution in [2.45, 2.75) is 20.3 Å². The van der Waals surface area contributed by atoms with Crippen LogP contribution in [0.5, 0.6) is 0 Å². The maximum absolute atomic E-state index is 10.6. The van der Waals surface area contributed by atoms with Crippen molar-refractivity contribution in [1.82, 2.24) is 0 Å². The zero-order valence-electron chi connectivity index (χ0n) is 8.69. The van der Waals surface area contributed by atoms with Gasteiger partial charge in [0.1, 0.15) is 0 Å². The third kappa shape index (κ3) is 4.08. The lowest BCUT2D eigenvalue weighted by molar-refractivity contribution is -0.142. The molecular formula is C12H16O2. The lowest BCUT2D eigenvalue weighted by atomic mass is 10.0. The van der Waals surface area contributed by atoms with Gasteiger partial charge in [-0.15, -0.1) is 0 Å². The van der Waals surface area contributed by atoms with Crippen molar-refractivity contribution in [3.63, 3.8) is 0 Å². The predicted molar refractivity (Wildman–Crippen MR) is 55.9 cm³/mol. The summed E-state index contributed by atoms with van der Waals surface area (Å²) in [6, 6.07) is 10.2. The zero-order valence-corrected chi connectivity index (χ0v) is 8.69. The maximum atomic E-state index is 10.6. The molecule has 1 aromatic carbocycles. The van der Waals surface area contributed by atoms with E-state index >= 15 is 0 Å². The van der Waals surface area contributed by atoms with E-state index < -0.39 is 0 Å². The summed E-state index contributed by atoms with van der Waals surface area (Å²) in [5.41, 5.74) is 1.28. The summed E-state index contributed by atoms with van der Waals surface area (Å²) in [5, 5.41) is 0. The number of hydrogen-bond acceptors (Lipinski definition) is 2. The van der Waals surface area contributed by atoms with Crippen LogP contribution in [0.4, 0.5) is 0 Å². The molecule has 0 unspecified atom stereocenters. The first-order valence-electron chi connectivity index (χ1n) is 4.86. The molecule has 0 amide bonds. The zero-order chi connectivity index (χ0) is 10.4. The highest BCUT2D eigenvalue weighted by Crippen LogP contribution is 2.08. The van der Waals surface area contributed by atoms with Crippen molar-refractivity contribution >= 4 is 5.97 Å². The summed E-state index contributed by atoms with van der Waals surface area (Å²) in [6.07, 6.45) is 0.952.